The van der Waals surface area contributed by atoms with E-state index >= 15 is 0 Å². The molecule has 1 nitrogen and oxygen atoms in total. The molecule has 0 radical (unpaired) electrons. The molecule has 2 atom stereocenters. The molecule has 0 aromatic carbocycles. The molecule has 1 heteroatoms. The Balaban J connectivity index is 3.26. The van der Waals surface area contributed by atoms with Crippen LogP contribution < -0.4 is 5.32 Å². The van der Waals surface area contributed by atoms with E-state index < -0.39 is 0 Å². The molecule has 0 amide bonds. The first-order valence-corrected chi connectivity index (χ1v) is 18.9. The lowest BCUT2D eigenvalue weighted by Gasteiger charge is -2.20. The predicted molar refractivity (Wildman–Crippen MR) is 181 cm³/mol. The lowest BCUT2D eigenvalue weighted by atomic mass is 9.90. The van der Waals surface area contributed by atoms with Gasteiger partial charge >= 0.3 is 0 Å². The molecule has 0 fully saturated rings. The van der Waals surface area contributed by atoms with Crippen molar-refractivity contribution >= 4 is 0 Å². The third-order valence-corrected chi connectivity index (χ3v) is 9.41. The Kier molecular flexibility index (Phi) is 34.1. The number of hydrogen-bond donors (Lipinski definition) is 1. The largest absolute Gasteiger partial charge is 0.316 e. The van der Waals surface area contributed by atoms with E-state index in [1.54, 1.807) is 0 Å². The second kappa shape index (κ2) is 34.2. The molecule has 0 saturated heterocycles. The van der Waals surface area contributed by atoms with Crippen LogP contribution in [0.2, 0.25) is 0 Å². The van der Waals surface area contributed by atoms with E-state index in [2.05, 4.69) is 33.0 Å². The smallest absolute Gasteiger partial charge is 0.00206 e. The van der Waals surface area contributed by atoms with Crippen molar-refractivity contribution in [3.05, 3.63) is 0 Å². The van der Waals surface area contributed by atoms with Gasteiger partial charge in [0.2, 0.25) is 0 Å². The van der Waals surface area contributed by atoms with Crippen molar-refractivity contribution in [3.8, 4) is 0 Å². The third kappa shape index (κ3) is 32.3. The van der Waals surface area contributed by atoms with Crippen LogP contribution in [0.5, 0.6) is 0 Å². The van der Waals surface area contributed by atoms with Gasteiger partial charge in [-0.05, 0) is 31.3 Å². The normalized spacial score (nSPS) is 13.2. The second-order valence-electron chi connectivity index (χ2n) is 13.5. The number of rotatable bonds is 34. The average Bonchev–Trinajstić information content (AvgIpc) is 2.94. The molecular formula is C38H79N. The van der Waals surface area contributed by atoms with Crippen molar-refractivity contribution in [2.45, 2.75) is 220 Å². The molecular weight excluding hydrogens is 470 g/mol. The van der Waals surface area contributed by atoms with Crippen molar-refractivity contribution in [2.75, 3.05) is 13.1 Å². The fourth-order valence-corrected chi connectivity index (χ4v) is 6.10. The van der Waals surface area contributed by atoms with E-state index in [1.807, 2.05) is 0 Å². The van der Waals surface area contributed by atoms with Crippen LogP contribution >= 0.6 is 0 Å². The SMILES string of the molecule is CCCCCCCCCCCCCCCCCCNCC(C)C(C)CCCCCCCCCCCCCCC. The Hall–Kier alpha value is -0.0400. The highest BCUT2D eigenvalue weighted by Crippen LogP contribution is 2.20. The van der Waals surface area contributed by atoms with Gasteiger partial charge in [0.05, 0.1) is 0 Å². The maximum Gasteiger partial charge on any atom is -0.00206 e. The summed E-state index contributed by atoms with van der Waals surface area (Å²) < 4.78 is 0. The van der Waals surface area contributed by atoms with Gasteiger partial charge in [0.25, 0.3) is 0 Å². The molecule has 236 valence electrons. The van der Waals surface area contributed by atoms with Crippen molar-refractivity contribution in [3.63, 3.8) is 0 Å². The van der Waals surface area contributed by atoms with Crippen LogP contribution in [0.4, 0.5) is 0 Å². The molecule has 39 heavy (non-hydrogen) atoms. The molecule has 0 aromatic rings. The molecule has 1 N–H and O–H groups in total. The van der Waals surface area contributed by atoms with E-state index in [9.17, 15) is 0 Å². The molecule has 0 bridgehead atoms. The number of nitrogens with one attached hydrogen (secondary N) is 1. The van der Waals surface area contributed by atoms with Gasteiger partial charge in [-0.25, -0.2) is 0 Å². The zero-order chi connectivity index (χ0) is 28.5. The minimum Gasteiger partial charge on any atom is -0.316 e. The fraction of sp³-hybridized carbons (Fsp3) is 1.00. The molecule has 0 rings (SSSR count). The first kappa shape index (κ1) is 39.0. The molecule has 0 heterocycles. The van der Waals surface area contributed by atoms with Crippen molar-refractivity contribution in [2.24, 2.45) is 11.8 Å². The summed E-state index contributed by atoms with van der Waals surface area (Å²) in [4.78, 5) is 0. The predicted octanol–water partition coefficient (Wildman–Crippen LogP) is 13.6. The Morgan fingerprint density at radius 2 is 0.615 bits per heavy atom. The van der Waals surface area contributed by atoms with Gasteiger partial charge in [0.15, 0.2) is 0 Å². The highest BCUT2D eigenvalue weighted by atomic mass is 14.8. The van der Waals surface area contributed by atoms with Crippen LogP contribution in [-0.2, 0) is 0 Å². The van der Waals surface area contributed by atoms with Crippen LogP contribution in [0, 0.1) is 11.8 Å². The lowest BCUT2D eigenvalue weighted by molar-refractivity contribution is 0.334. The minimum atomic E-state index is 0.823. The maximum absolute atomic E-state index is 3.76. The molecule has 0 spiro atoms. The van der Waals surface area contributed by atoms with Crippen LogP contribution in [-0.4, -0.2) is 13.1 Å². The summed E-state index contributed by atoms with van der Waals surface area (Å²) in [5.74, 6) is 1.69. The zero-order valence-corrected chi connectivity index (χ0v) is 28.3. The Morgan fingerprint density at radius 3 is 0.949 bits per heavy atom. The van der Waals surface area contributed by atoms with E-state index in [0.717, 1.165) is 11.8 Å². The van der Waals surface area contributed by atoms with Gasteiger partial charge in [0.1, 0.15) is 0 Å². The summed E-state index contributed by atoms with van der Waals surface area (Å²) >= 11 is 0. The molecule has 0 aromatic heterocycles. The first-order chi connectivity index (χ1) is 19.2. The maximum atomic E-state index is 3.76. The zero-order valence-electron chi connectivity index (χ0n) is 28.3. The van der Waals surface area contributed by atoms with Crippen molar-refractivity contribution in [1.82, 2.24) is 5.32 Å². The number of unbranched alkanes of at least 4 members (excludes halogenated alkanes) is 27. The van der Waals surface area contributed by atoms with Crippen LogP contribution in [0.3, 0.4) is 0 Å². The van der Waals surface area contributed by atoms with Crippen LogP contribution in [0.1, 0.15) is 220 Å². The summed E-state index contributed by atoms with van der Waals surface area (Å²) in [7, 11) is 0. The molecule has 2 unspecified atom stereocenters. The van der Waals surface area contributed by atoms with E-state index in [4.69, 9.17) is 0 Å². The van der Waals surface area contributed by atoms with Gasteiger partial charge in [-0.1, -0.05) is 214 Å². The van der Waals surface area contributed by atoms with Crippen LogP contribution in [0.15, 0.2) is 0 Å². The number of hydrogen-bond acceptors (Lipinski definition) is 1. The molecule has 0 aliphatic rings. The van der Waals surface area contributed by atoms with Crippen molar-refractivity contribution < 1.29 is 0 Å². The summed E-state index contributed by atoms with van der Waals surface area (Å²) in [6, 6.07) is 0. The van der Waals surface area contributed by atoms with Gasteiger partial charge in [-0.15, -0.1) is 0 Å². The summed E-state index contributed by atoms with van der Waals surface area (Å²) in [5, 5.41) is 3.76. The van der Waals surface area contributed by atoms with E-state index in [1.165, 1.54) is 206 Å². The highest BCUT2D eigenvalue weighted by molar-refractivity contribution is 4.65. The molecule has 0 saturated carbocycles. The van der Waals surface area contributed by atoms with E-state index in [-0.39, 0.29) is 0 Å². The van der Waals surface area contributed by atoms with Gasteiger partial charge in [0, 0.05) is 0 Å². The average molecular weight is 550 g/mol. The Morgan fingerprint density at radius 1 is 0.333 bits per heavy atom. The second-order valence-corrected chi connectivity index (χ2v) is 13.5. The highest BCUT2D eigenvalue weighted by Gasteiger charge is 2.11. The van der Waals surface area contributed by atoms with Crippen molar-refractivity contribution in [1.29, 1.82) is 0 Å². The van der Waals surface area contributed by atoms with Gasteiger partial charge in [-0.3, -0.25) is 0 Å². The summed E-state index contributed by atoms with van der Waals surface area (Å²) in [6.07, 6.45) is 43.7. The topological polar surface area (TPSA) is 12.0 Å². The Labute approximate surface area is 250 Å². The fourth-order valence-electron chi connectivity index (χ4n) is 6.10. The van der Waals surface area contributed by atoms with E-state index in [0.29, 0.717) is 0 Å². The monoisotopic (exact) mass is 550 g/mol. The molecule has 0 aliphatic heterocycles. The Bertz CT molecular complexity index is 419. The summed E-state index contributed by atoms with van der Waals surface area (Å²) in [6.45, 7) is 12.0. The summed E-state index contributed by atoms with van der Waals surface area (Å²) in [5.41, 5.74) is 0. The minimum absolute atomic E-state index is 0.823. The third-order valence-electron chi connectivity index (χ3n) is 9.41. The first-order valence-electron chi connectivity index (χ1n) is 18.9. The quantitative estimate of drug-likeness (QED) is 0.0787. The lowest BCUT2D eigenvalue weighted by Crippen LogP contribution is -2.26. The van der Waals surface area contributed by atoms with Gasteiger partial charge in [-0.2, -0.15) is 0 Å². The molecule has 0 aliphatic carbocycles. The van der Waals surface area contributed by atoms with Crippen LogP contribution in [0.25, 0.3) is 0 Å². The van der Waals surface area contributed by atoms with Gasteiger partial charge < -0.3 is 5.32 Å². The standard InChI is InChI=1S/C38H79N/c1-5-7-9-11-13-15-17-19-20-21-23-25-27-29-31-33-35-39-36-38(4)37(3)34-32-30-28-26-24-22-18-16-14-12-10-8-6-2/h37-39H,5-36H2,1-4H3.